The molecule has 0 unspecified atom stereocenters. The van der Waals surface area contributed by atoms with Gasteiger partial charge >= 0.3 is 5.97 Å². The summed E-state index contributed by atoms with van der Waals surface area (Å²) in [4.78, 5) is 35.2. The molecule has 2 rings (SSSR count). The van der Waals surface area contributed by atoms with Gasteiger partial charge in [-0.05, 0) is 25.3 Å². The number of nitro groups is 1. The molecule has 9 nitrogen and oxygen atoms in total. The number of nitro benzene ring substituents is 1. The molecule has 1 amide bonds. The average molecular weight is 388 g/mol. The van der Waals surface area contributed by atoms with Gasteiger partial charge in [0.05, 0.1) is 27.6 Å². The Balaban J connectivity index is 2.09. The number of carbonyl (C=O) groups is 2. The van der Waals surface area contributed by atoms with Crippen molar-refractivity contribution in [2.45, 2.75) is 40.0 Å². The van der Waals surface area contributed by atoms with Crippen molar-refractivity contribution in [2.75, 3.05) is 11.9 Å². The van der Waals surface area contributed by atoms with Gasteiger partial charge in [0.25, 0.3) is 11.6 Å². The van der Waals surface area contributed by atoms with Gasteiger partial charge in [0, 0.05) is 18.7 Å². The van der Waals surface area contributed by atoms with E-state index in [1.54, 1.807) is 25.6 Å². The zero-order valence-electron chi connectivity index (χ0n) is 16.8. The quantitative estimate of drug-likeness (QED) is 0.478. The lowest BCUT2D eigenvalue weighted by molar-refractivity contribution is -0.386. The van der Waals surface area contributed by atoms with E-state index >= 15 is 0 Å². The van der Waals surface area contributed by atoms with E-state index in [2.05, 4.69) is 10.4 Å². The van der Waals surface area contributed by atoms with Crippen molar-refractivity contribution in [3.8, 4) is 0 Å². The number of benzene rings is 1. The van der Waals surface area contributed by atoms with E-state index in [0.29, 0.717) is 16.9 Å². The third kappa shape index (κ3) is 4.54. The number of anilines is 1. The van der Waals surface area contributed by atoms with Gasteiger partial charge in [-0.3, -0.25) is 19.6 Å². The van der Waals surface area contributed by atoms with Crippen LogP contribution in [0.1, 0.15) is 48.1 Å². The van der Waals surface area contributed by atoms with Crippen LogP contribution in [0.25, 0.3) is 0 Å². The number of nitrogens with one attached hydrogen (secondary N) is 1. The van der Waals surface area contributed by atoms with Crippen molar-refractivity contribution in [2.24, 2.45) is 7.05 Å². The molecule has 1 heterocycles. The summed E-state index contributed by atoms with van der Waals surface area (Å²) in [5.74, 6) is -1.33. The largest absolute Gasteiger partial charge is 0.452 e. The van der Waals surface area contributed by atoms with Gasteiger partial charge in [0.2, 0.25) is 0 Å². The number of aromatic nitrogens is 2. The first kappa shape index (κ1) is 21.1. The monoisotopic (exact) mass is 388 g/mol. The normalized spacial score (nSPS) is 11.2. The predicted octanol–water partition coefficient (Wildman–Crippen LogP) is 3.04. The Kier molecular flexibility index (Phi) is 5.86. The molecule has 0 saturated heterocycles. The van der Waals surface area contributed by atoms with Gasteiger partial charge in [-0.1, -0.05) is 26.8 Å². The van der Waals surface area contributed by atoms with Crippen molar-refractivity contribution >= 4 is 23.3 Å². The fraction of sp³-hybridized carbons (Fsp3) is 0.421. The molecule has 0 spiro atoms. The van der Waals surface area contributed by atoms with Crippen LogP contribution in [-0.4, -0.2) is 33.2 Å². The molecular formula is C19H24N4O5. The summed E-state index contributed by atoms with van der Waals surface area (Å²) in [5.41, 5.74) is 1.89. The first-order chi connectivity index (χ1) is 12.9. The highest BCUT2D eigenvalue weighted by molar-refractivity contribution is 5.96. The van der Waals surface area contributed by atoms with Crippen molar-refractivity contribution in [1.82, 2.24) is 9.78 Å². The van der Waals surface area contributed by atoms with E-state index in [4.69, 9.17) is 4.74 Å². The highest BCUT2D eigenvalue weighted by Gasteiger charge is 2.26. The van der Waals surface area contributed by atoms with Crippen LogP contribution in [-0.2, 0) is 22.0 Å². The highest BCUT2D eigenvalue weighted by Crippen LogP contribution is 2.32. The van der Waals surface area contributed by atoms with Gasteiger partial charge in [-0.2, -0.15) is 5.10 Å². The Labute approximate surface area is 162 Å². The standard InChI is InChI=1S/C19H24N4O5/c1-11-17(12(2)22(6)21-11)20-16(24)10-28-18(25)13-7-8-14(19(3,4)5)15(9-13)23(26)27/h7-9H,10H2,1-6H3,(H,20,24). The second-order valence-corrected chi connectivity index (χ2v) is 7.53. The highest BCUT2D eigenvalue weighted by atomic mass is 16.6. The predicted molar refractivity (Wildman–Crippen MR) is 103 cm³/mol. The zero-order chi connectivity index (χ0) is 21.2. The SMILES string of the molecule is Cc1nn(C)c(C)c1NC(=O)COC(=O)c1ccc(C(C)(C)C)c([N+](=O)[O-])c1. The van der Waals surface area contributed by atoms with Crippen LogP contribution in [0, 0.1) is 24.0 Å². The molecule has 0 fully saturated rings. The van der Waals surface area contributed by atoms with Crippen LogP contribution < -0.4 is 5.32 Å². The Morgan fingerprint density at radius 1 is 1.29 bits per heavy atom. The molecule has 28 heavy (non-hydrogen) atoms. The van der Waals surface area contributed by atoms with Gasteiger partial charge in [-0.15, -0.1) is 0 Å². The molecule has 0 radical (unpaired) electrons. The van der Waals surface area contributed by atoms with Gasteiger partial charge in [0.15, 0.2) is 6.61 Å². The number of carbonyl (C=O) groups excluding carboxylic acids is 2. The number of ether oxygens (including phenoxy) is 1. The maximum atomic E-state index is 12.2. The van der Waals surface area contributed by atoms with Crippen molar-refractivity contribution in [3.05, 3.63) is 50.8 Å². The fourth-order valence-electron chi connectivity index (χ4n) is 2.79. The minimum absolute atomic E-state index is 0.0150. The number of aryl methyl sites for hydroxylation is 2. The average Bonchev–Trinajstić information content (AvgIpc) is 2.84. The molecule has 0 bridgehead atoms. The topological polar surface area (TPSA) is 116 Å². The fourth-order valence-corrected chi connectivity index (χ4v) is 2.79. The number of esters is 1. The lowest BCUT2D eigenvalue weighted by Crippen LogP contribution is -2.22. The third-order valence-corrected chi connectivity index (χ3v) is 4.35. The molecule has 2 aromatic rings. The minimum Gasteiger partial charge on any atom is -0.452 e. The Bertz CT molecular complexity index is 941. The number of hydrogen-bond donors (Lipinski definition) is 1. The summed E-state index contributed by atoms with van der Waals surface area (Å²) in [7, 11) is 1.76. The van der Waals surface area contributed by atoms with Crippen LogP contribution in [0.15, 0.2) is 18.2 Å². The second-order valence-electron chi connectivity index (χ2n) is 7.53. The first-order valence-corrected chi connectivity index (χ1v) is 8.68. The maximum Gasteiger partial charge on any atom is 0.338 e. The number of nitrogens with zero attached hydrogens (tertiary/aromatic N) is 3. The lowest BCUT2D eigenvalue weighted by atomic mass is 9.85. The summed E-state index contributed by atoms with van der Waals surface area (Å²) in [5, 5.41) is 18.2. The molecule has 0 aliphatic heterocycles. The van der Waals surface area contributed by atoms with E-state index in [0.717, 1.165) is 5.69 Å². The van der Waals surface area contributed by atoms with Crippen LogP contribution >= 0.6 is 0 Å². The van der Waals surface area contributed by atoms with Crippen LogP contribution in [0.4, 0.5) is 11.4 Å². The van der Waals surface area contributed by atoms with Crippen LogP contribution in [0.2, 0.25) is 0 Å². The van der Waals surface area contributed by atoms with Gasteiger partial charge in [0.1, 0.15) is 0 Å². The van der Waals surface area contributed by atoms with Gasteiger partial charge < -0.3 is 10.1 Å². The smallest absolute Gasteiger partial charge is 0.338 e. The molecule has 1 aromatic heterocycles. The van der Waals surface area contributed by atoms with Crippen molar-refractivity contribution in [1.29, 1.82) is 0 Å². The lowest BCUT2D eigenvalue weighted by Gasteiger charge is -2.19. The number of amides is 1. The van der Waals surface area contributed by atoms with E-state index < -0.39 is 28.8 Å². The Hall–Kier alpha value is -3.23. The summed E-state index contributed by atoms with van der Waals surface area (Å²) in [6, 6.07) is 4.18. The zero-order valence-corrected chi connectivity index (χ0v) is 16.8. The molecule has 9 heteroatoms. The molecule has 1 aromatic carbocycles. The van der Waals surface area contributed by atoms with E-state index in [-0.39, 0.29) is 11.3 Å². The summed E-state index contributed by atoms with van der Waals surface area (Å²) in [6.07, 6.45) is 0. The maximum absolute atomic E-state index is 12.2. The summed E-state index contributed by atoms with van der Waals surface area (Å²) < 4.78 is 6.64. The van der Waals surface area contributed by atoms with Crippen LogP contribution in [0.5, 0.6) is 0 Å². The molecule has 0 saturated carbocycles. The number of rotatable bonds is 5. The van der Waals surface area contributed by atoms with E-state index in [1.165, 1.54) is 18.2 Å². The molecular weight excluding hydrogens is 364 g/mol. The molecule has 0 atom stereocenters. The van der Waals surface area contributed by atoms with Crippen molar-refractivity contribution < 1.29 is 19.2 Å². The molecule has 1 N–H and O–H groups in total. The molecule has 150 valence electrons. The van der Waals surface area contributed by atoms with Crippen molar-refractivity contribution in [3.63, 3.8) is 0 Å². The van der Waals surface area contributed by atoms with Crippen LogP contribution in [0.3, 0.4) is 0 Å². The summed E-state index contributed by atoms with van der Waals surface area (Å²) >= 11 is 0. The number of hydrogen-bond acceptors (Lipinski definition) is 6. The van der Waals surface area contributed by atoms with E-state index in [9.17, 15) is 19.7 Å². The molecule has 0 aliphatic carbocycles. The Morgan fingerprint density at radius 3 is 2.43 bits per heavy atom. The Morgan fingerprint density at radius 2 is 1.93 bits per heavy atom. The molecule has 0 aliphatic rings. The minimum atomic E-state index is -0.807. The van der Waals surface area contributed by atoms with Gasteiger partial charge in [-0.25, -0.2) is 4.79 Å². The third-order valence-electron chi connectivity index (χ3n) is 4.35. The second kappa shape index (κ2) is 7.79. The summed E-state index contributed by atoms with van der Waals surface area (Å²) in [6.45, 7) is 8.59. The van der Waals surface area contributed by atoms with E-state index in [1.807, 2.05) is 20.8 Å². The first-order valence-electron chi connectivity index (χ1n) is 8.68.